The van der Waals surface area contributed by atoms with Crippen LogP contribution in [0.4, 0.5) is 17.6 Å². The first-order chi connectivity index (χ1) is 13.8. The molecule has 0 aromatic heterocycles. The maximum Gasteiger partial charge on any atom is 0.398 e. The van der Waals surface area contributed by atoms with Gasteiger partial charge in [0.25, 0.3) is 0 Å². The number of benzene rings is 3. The molecule has 3 aromatic carbocycles. The Morgan fingerprint density at radius 2 is 1.41 bits per heavy atom. The zero-order chi connectivity index (χ0) is 21.0. The summed E-state index contributed by atoms with van der Waals surface area (Å²) >= 11 is 0. The molecule has 5 heteroatoms. The maximum absolute atomic E-state index is 14.4. The van der Waals surface area contributed by atoms with E-state index in [1.807, 2.05) is 26.0 Å². The minimum absolute atomic E-state index is 0.0165. The molecule has 0 bridgehead atoms. The van der Waals surface area contributed by atoms with Crippen LogP contribution < -0.4 is 4.74 Å². The molecule has 29 heavy (non-hydrogen) atoms. The molecule has 0 atom stereocenters. The molecular formula is C24H22F4O. The van der Waals surface area contributed by atoms with E-state index >= 15 is 0 Å². The first-order valence-corrected chi connectivity index (χ1v) is 9.48. The van der Waals surface area contributed by atoms with Crippen molar-refractivity contribution in [1.82, 2.24) is 0 Å². The number of rotatable bonds is 7. The van der Waals surface area contributed by atoms with E-state index < -0.39 is 30.6 Å². The molecule has 152 valence electrons. The summed E-state index contributed by atoms with van der Waals surface area (Å²) in [5.74, 6) is -1.67. The molecule has 0 spiro atoms. The lowest BCUT2D eigenvalue weighted by molar-refractivity contribution is -0.180. The van der Waals surface area contributed by atoms with E-state index in [0.717, 1.165) is 17.5 Å². The standard InChI is InChI=1S/C24H22F4O/c1-3-17-6-10-20(11-7-17)29-24(27,28)13-12-21-22(25)14-19(15-23(21)26)18-8-4-16(2)5-9-18/h4-11,14-15H,3,12-13H2,1-2H3. The summed E-state index contributed by atoms with van der Waals surface area (Å²) in [6, 6.07) is 15.9. The molecular weight excluding hydrogens is 380 g/mol. The second kappa shape index (κ2) is 8.68. The fraction of sp³-hybridized carbons (Fsp3) is 0.250. The smallest absolute Gasteiger partial charge is 0.398 e. The molecule has 0 amide bonds. The van der Waals surface area contributed by atoms with Crippen LogP contribution in [0.25, 0.3) is 11.1 Å². The topological polar surface area (TPSA) is 9.23 Å². The van der Waals surface area contributed by atoms with E-state index in [4.69, 9.17) is 4.74 Å². The van der Waals surface area contributed by atoms with Crippen LogP contribution in [0, 0.1) is 18.6 Å². The molecule has 0 radical (unpaired) electrons. The van der Waals surface area contributed by atoms with Gasteiger partial charge in [0.05, 0.1) is 6.42 Å². The molecule has 3 aromatic rings. The Morgan fingerprint density at radius 1 is 0.828 bits per heavy atom. The molecule has 0 aliphatic carbocycles. The van der Waals surface area contributed by atoms with E-state index in [1.54, 1.807) is 24.3 Å². The van der Waals surface area contributed by atoms with E-state index in [1.165, 1.54) is 24.3 Å². The van der Waals surface area contributed by atoms with Crippen molar-refractivity contribution in [3.8, 4) is 16.9 Å². The largest absolute Gasteiger partial charge is 0.433 e. The van der Waals surface area contributed by atoms with Gasteiger partial charge in [0.1, 0.15) is 17.4 Å². The molecule has 0 saturated carbocycles. The van der Waals surface area contributed by atoms with Gasteiger partial charge in [0.2, 0.25) is 0 Å². The Bertz CT molecular complexity index is 940. The second-order valence-corrected chi connectivity index (χ2v) is 7.02. The SMILES string of the molecule is CCc1ccc(OC(F)(F)CCc2c(F)cc(-c3ccc(C)cc3)cc2F)cc1. The Kier molecular flexibility index (Phi) is 6.26. The summed E-state index contributed by atoms with van der Waals surface area (Å²) in [6.07, 6.45) is -4.07. The van der Waals surface area contributed by atoms with Crippen LogP contribution in [0.1, 0.15) is 30.0 Å². The average Bonchev–Trinajstić information content (AvgIpc) is 2.68. The molecule has 0 unspecified atom stereocenters. The van der Waals surface area contributed by atoms with Crippen molar-refractivity contribution in [3.05, 3.63) is 89.0 Å². The molecule has 0 heterocycles. The molecule has 0 fully saturated rings. The van der Waals surface area contributed by atoms with Gasteiger partial charge in [-0.25, -0.2) is 8.78 Å². The normalized spacial score (nSPS) is 11.5. The third-order valence-corrected chi connectivity index (χ3v) is 4.79. The predicted octanol–water partition coefficient (Wildman–Crippen LogP) is 7.11. The summed E-state index contributed by atoms with van der Waals surface area (Å²) in [5.41, 5.74) is 2.67. The molecule has 0 N–H and O–H groups in total. The van der Waals surface area contributed by atoms with E-state index in [0.29, 0.717) is 11.1 Å². The van der Waals surface area contributed by atoms with Crippen LogP contribution in [-0.2, 0) is 12.8 Å². The van der Waals surface area contributed by atoms with Crippen molar-refractivity contribution in [2.75, 3.05) is 0 Å². The van der Waals surface area contributed by atoms with Crippen LogP contribution in [0.15, 0.2) is 60.7 Å². The third-order valence-electron chi connectivity index (χ3n) is 4.79. The lowest BCUT2D eigenvalue weighted by Crippen LogP contribution is -2.25. The maximum atomic E-state index is 14.4. The van der Waals surface area contributed by atoms with Gasteiger partial charge < -0.3 is 4.74 Å². The number of alkyl halides is 2. The van der Waals surface area contributed by atoms with Gasteiger partial charge in [-0.05, 0) is 60.7 Å². The molecule has 0 aliphatic heterocycles. The highest BCUT2D eigenvalue weighted by molar-refractivity contribution is 5.64. The second-order valence-electron chi connectivity index (χ2n) is 7.02. The number of hydrogen-bond acceptors (Lipinski definition) is 1. The molecule has 1 nitrogen and oxygen atoms in total. The summed E-state index contributed by atoms with van der Waals surface area (Å²) in [7, 11) is 0. The van der Waals surface area contributed by atoms with E-state index in [2.05, 4.69) is 0 Å². The van der Waals surface area contributed by atoms with Gasteiger partial charge >= 0.3 is 6.11 Å². The number of halogens is 4. The number of ether oxygens (including phenoxy) is 1. The van der Waals surface area contributed by atoms with Crippen molar-refractivity contribution in [1.29, 1.82) is 0 Å². The first kappa shape index (κ1) is 20.9. The molecule has 0 aliphatic rings. The summed E-state index contributed by atoms with van der Waals surface area (Å²) in [6.45, 7) is 3.87. The Labute approximate surface area is 168 Å². The van der Waals surface area contributed by atoms with Gasteiger partial charge in [0.15, 0.2) is 0 Å². The van der Waals surface area contributed by atoms with Gasteiger partial charge in [-0.2, -0.15) is 8.78 Å². The van der Waals surface area contributed by atoms with Gasteiger partial charge in [-0.15, -0.1) is 0 Å². The van der Waals surface area contributed by atoms with Crippen LogP contribution in [0.3, 0.4) is 0 Å². The van der Waals surface area contributed by atoms with Crippen molar-refractivity contribution in [2.24, 2.45) is 0 Å². The lowest BCUT2D eigenvalue weighted by Gasteiger charge is -2.18. The number of hydrogen-bond donors (Lipinski definition) is 0. The van der Waals surface area contributed by atoms with Crippen molar-refractivity contribution >= 4 is 0 Å². The van der Waals surface area contributed by atoms with Gasteiger partial charge in [-0.3, -0.25) is 0 Å². The van der Waals surface area contributed by atoms with Crippen LogP contribution in [-0.4, -0.2) is 6.11 Å². The highest BCUT2D eigenvalue weighted by atomic mass is 19.3. The first-order valence-electron chi connectivity index (χ1n) is 9.48. The van der Waals surface area contributed by atoms with Crippen molar-refractivity contribution < 1.29 is 22.3 Å². The number of aryl methyl sites for hydroxylation is 2. The monoisotopic (exact) mass is 402 g/mol. The highest BCUT2D eigenvalue weighted by Crippen LogP contribution is 2.30. The average molecular weight is 402 g/mol. The van der Waals surface area contributed by atoms with Crippen LogP contribution in [0.2, 0.25) is 0 Å². The summed E-state index contributed by atoms with van der Waals surface area (Å²) < 4.78 is 61.9. The Morgan fingerprint density at radius 3 is 1.97 bits per heavy atom. The van der Waals surface area contributed by atoms with Crippen molar-refractivity contribution in [2.45, 2.75) is 39.2 Å². The van der Waals surface area contributed by atoms with Crippen LogP contribution >= 0.6 is 0 Å². The third kappa shape index (κ3) is 5.37. The van der Waals surface area contributed by atoms with Gasteiger partial charge in [0, 0.05) is 5.56 Å². The minimum atomic E-state index is -3.54. The van der Waals surface area contributed by atoms with Crippen molar-refractivity contribution in [3.63, 3.8) is 0 Å². The fourth-order valence-electron chi connectivity index (χ4n) is 3.04. The highest BCUT2D eigenvalue weighted by Gasteiger charge is 2.32. The minimum Gasteiger partial charge on any atom is -0.433 e. The van der Waals surface area contributed by atoms with E-state index in [-0.39, 0.29) is 11.3 Å². The zero-order valence-corrected chi connectivity index (χ0v) is 16.3. The van der Waals surface area contributed by atoms with E-state index in [9.17, 15) is 17.6 Å². The lowest BCUT2D eigenvalue weighted by atomic mass is 10.00. The van der Waals surface area contributed by atoms with Crippen LogP contribution in [0.5, 0.6) is 5.75 Å². The summed E-state index contributed by atoms with van der Waals surface area (Å²) in [4.78, 5) is 0. The zero-order valence-electron chi connectivity index (χ0n) is 16.3. The fourth-order valence-corrected chi connectivity index (χ4v) is 3.04. The Hall–Kier alpha value is -2.82. The Balaban J connectivity index is 1.71. The summed E-state index contributed by atoms with van der Waals surface area (Å²) in [5, 5.41) is 0. The predicted molar refractivity (Wildman–Crippen MR) is 106 cm³/mol. The molecule has 3 rings (SSSR count). The van der Waals surface area contributed by atoms with Gasteiger partial charge in [-0.1, -0.05) is 48.9 Å². The quantitative estimate of drug-likeness (QED) is 0.383. The molecule has 0 saturated heterocycles.